The molecular weight excluding hydrogens is 278 g/mol. The number of benzene rings is 2. The molecule has 1 unspecified atom stereocenters. The molecule has 0 fully saturated rings. The van der Waals surface area contributed by atoms with Gasteiger partial charge in [-0.05, 0) is 18.6 Å². The molecule has 2 aromatic carbocycles. The Morgan fingerprint density at radius 3 is 2.55 bits per heavy atom. The van der Waals surface area contributed by atoms with E-state index in [0.29, 0.717) is 5.70 Å². The topological polar surface area (TPSA) is 58.6 Å². The van der Waals surface area contributed by atoms with E-state index in [-0.39, 0.29) is 6.61 Å². The third kappa shape index (κ3) is 2.73. The summed E-state index contributed by atoms with van der Waals surface area (Å²) in [6.07, 6.45) is -1.07. The van der Waals surface area contributed by atoms with Crippen LogP contribution in [0, 0.1) is 0 Å². The second kappa shape index (κ2) is 6.03. The fourth-order valence-electron chi connectivity index (χ4n) is 2.47. The maximum atomic E-state index is 11.8. The highest BCUT2D eigenvalue weighted by atomic mass is 16.5. The van der Waals surface area contributed by atoms with E-state index >= 15 is 0 Å². The van der Waals surface area contributed by atoms with Gasteiger partial charge in [0.05, 0.1) is 5.70 Å². The van der Waals surface area contributed by atoms with Crippen molar-refractivity contribution in [3.8, 4) is 5.75 Å². The first kappa shape index (κ1) is 14.4. The summed E-state index contributed by atoms with van der Waals surface area (Å²) in [6, 6.07) is 17.6. The van der Waals surface area contributed by atoms with Crippen LogP contribution in [0.5, 0.6) is 5.75 Å². The first-order chi connectivity index (χ1) is 10.7. The van der Waals surface area contributed by atoms with Gasteiger partial charge in [0.25, 0.3) is 5.91 Å². The van der Waals surface area contributed by atoms with Gasteiger partial charge in [-0.2, -0.15) is 0 Å². The second-order valence-corrected chi connectivity index (χ2v) is 5.17. The number of aliphatic hydroxyl groups excluding tert-OH is 1. The summed E-state index contributed by atoms with van der Waals surface area (Å²) in [4.78, 5) is 11.8. The monoisotopic (exact) mass is 295 g/mol. The molecule has 0 saturated heterocycles. The lowest BCUT2D eigenvalue weighted by atomic mass is 9.93. The average molecular weight is 295 g/mol. The quantitative estimate of drug-likeness (QED) is 0.913. The molecule has 1 aliphatic rings. The third-order valence-electron chi connectivity index (χ3n) is 3.55. The van der Waals surface area contributed by atoms with Crippen LogP contribution in [-0.2, 0) is 4.79 Å². The number of carbonyl (C=O) groups excluding carboxylic acids is 1. The second-order valence-electron chi connectivity index (χ2n) is 5.17. The number of carbonyl (C=O) groups is 1. The van der Waals surface area contributed by atoms with E-state index in [0.717, 1.165) is 22.4 Å². The lowest BCUT2D eigenvalue weighted by Gasteiger charge is -2.25. The summed E-state index contributed by atoms with van der Waals surface area (Å²) in [5.74, 6) is 0.350. The van der Waals surface area contributed by atoms with Crippen molar-refractivity contribution in [3.05, 3.63) is 71.4 Å². The first-order valence-corrected chi connectivity index (χ1v) is 7.16. The number of rotatable bonds is 3. The number of fused-ring (bicyclic) bond motifs is 1. The number of ether oxygens (including phenoxy) is 1. The van der Waals surface area contributed by atoms with Crippen molar-refractivity contribution in [1.29, 1.82) is 0 Å². The SMILES string of the molecule is CC(O)C(=O)NC1=C(c2ccccc2)c2ccccc2OC1. The third-order valence-corrected chi connectivity index (χ3v) is 3.55. The van der Waals surface area contributed by atoms with E-state index in [1.165, 1.54) is 6.92 Å². The van der Waals surface area contributed by atoms with Crippen LogP contribution in [0.3, 0.4) is 0 Å². The standard InChI is InChI=1S/C18H17NO3/c1-12(20)18(21)19-15-11-22-16-10-6-5-9-14(16)17(15)13-7-3-2-4-8-13/h2-10,12,20H,11H2,1H3,(H,19,21). The number of amides is 1. The minimum Gasteiger partial charge on any atom is -0.487 e. The molecule has 0 bridgehead atoms. The molecule has 4 heteroatoms. The lowest BCUT2D eigenvalue weighted by molar-refractivity contribution is -0.127. The molecule has 3 rings (SSSR count). The predicted octanol–water partition coefficient (Wildman–Crippen LogP) is 2.34. The molecule has 0 aromatic heterocycles. The maximum absolute atomic E-state index is 11.8. The van der Waals surface area contributed by atoms with Crippen LogP contribution < -0.4 is 10.1 Å². The van der Waals surface area contributed by atoms with Crippen LogP contribution in [-0.4, -0.2) is 23.7 Å². The number of aliphatic hydroxyl groups is 1. The van der Waals surface area contributed by atoms with Crippen LogP contribution in [0.25, 0.3) is 5.57 Å². The first-order valence-electron chi connectivity index (χ1n) is 7.16. The Bertz CT molecular complexity index is 720. The molecule has 0 spiro atoms. The molecule has 112 valence electrons. The van der Waals surface area contributed by atoms with Crippen LogP contribution in [0.1, 0.15) is 18.1 Å². The number of hydrogen-bond donors (Lipinski definition) is 2. The van der Waals surface area contributed by atoms with Gasteiger partial charge in [0.15, 0.2) is 0 Å². The molecule has 1 atom stereocenters. The summed E-state index contributed by atoms with van der Waals surface area (Å²) in [6.45, 7) is 1.70. The molecule has 0 aliphatic carbocycles. The summed E-state index contributed by atoms with van der Waals surface area (Å²) in [5.41, 5.74) is 3.52. The van der Waals surface area contributed by atoms with Gasteiger partial charge in [-0.3, -0.25) is 4.79 Å². The van der Waals surface area contributed by atoms with Gasteiger partial charge in [-0.1, -0.05) is 48.5 Å². The highest BCUT2D eigenvalue weighted by Crippen LogP contribution is 2.36. The number of hydrogen-bond acceptors (Lipinski definition) is 3. The molecule has 1 amide bonds. The molecule has 0 saturated carbocycles. The van der Waals surface area contributed by atoms with Gasteiger partial charge in [0.2, 0.25) is 0 Å². The predicted molar refractivity (Wildman–Crippen MR) is 84.2 cm³/mol. The van der Waals surface area contributed by atoms with Crippen LogP contribution in [0.4, 0.5) is 0 Å². The highest BCUT2D eigenvalue weighted by Gasteiger charge is 2.23. The van der Waals surface area contributed by atoms with Gasteiger partial charge in [0.1, 0.15) is 18.5 Å². The molecule has 22 heavy (non-hydrogen) atoms. The Morgan fingerprint density at radius 2 is 1.82 bits per heavy atom. The Labute approximate surface area is 129 Å². The summed E-state index contributed by atoms with van der Waals surface area (Å²) in [7, 11) is 0. The normalized spacial score (nSPS) is 14.8. The van der Waals surface area contributed by atoms with E-state index in [2.05, 4.69) is 5.32 Å². The summed E-state index contributed by atoms with van der Waals surface area (Å²) in [5, 5.41) is 12.2. The van der Waals surface area contributed by atoms with E-state index in [9.17, 15) is 9.90 Å². The highest BCUT2D eigenvalue weighted by molar-refractivity contribution is 5.90. The average Bonchev–Trinajstić information content (AvgIpc) is 2.55. The van der Waals surface area contributed by atoms with E-state index < -0.39 is 12.0 Å². The Kier molecular flexibility index (Phi) is 3.94. The van der Waals surface area contributed by atoms with Crippen molar-refractivity contribution >= 4 is 11.5 Å². The molecule has 0 radical (unpaired) electrons. The Balaban J connectivity index is 2.12. The minimum atomic E-state index is -1.07. The van der Waals surface area contributed by atoms with Crippen LogP contribution in [0.15, 0.2) is 60.3 Å². The van der Waals surface area contributed by atoms with Crippen LogP contribution >= 0.6 is 0 Å². The van der Waals surface area contributed by atoms with E-state index in [4.69, 9.17) is 4.74 Å². The molecule has 4 nitrogen and oxygen atoms in total. The zero-order valence-corrected chi connectivity index (χ0v) is 12.2. The van der Waals surface area contributed by atoms with Crippen molar-refractivity contribution in [3.63, 3.8) is 0 Å². The van der Waals surface area contributed by atoms with Crippen molar-refractivity contribution < 1.29 is 14.6 Å². The fourth-order valence-corrected chi connectivity index (χ4v) is 2.47. The van der Waals surface area contributed by atoms with Crippen molar-refractivity contribution in [2.75, 3.05) is 6.61 Å². The van der Waals surface area contributed by atoms with Gasteiger partial charge in [-0.25, -0.2) is 0 Å². The summed E-state index contributed by atoms with van der Waals surface area (Å²) >= 11 is 0. The molecular formula is C18H17NO3. The Hall–Kier alpha value is -2.59. The van der Waals surface area contributed by atoms with Gasteiger partial charge in [-0.15, -0.1) is 0 Å². The van der Waals surface area contributed by atoms with Crippen molar-refractivity contribution in [2.24, 2.45) is 0 Å². The lowest BCUT2D eigenvalue weighted by Crippen LogP contribution is -2.35. The molecule has 1 aliphatic heterocycles. The number of para-hydroxylation sites is 1. The van der Waals surface area contributed by atoms with E-state index in [1.807, 2.05) is 54.6 Å². The number of nitrogens with one attached hydrogen (secondary N) is 1. The van der Waals surface area contributed by atoms with Crippen LogP contribution in [0.2, 0.25) is 0 Å². The van der Waals surface area contributed by atoms with E-state index in [1.54, 1.807) is 0 Å². The molecule has 2 aromatic rings. The zero-order chi connectivity index (χ0) is 15.5. The maximum Gasteiger partial charge on any atom is 0.252 e. The summed E-state index contributed by atoms with van der Waals surface area (Å²) < 4.78 is 5.71. The van der Waals surface area contributed by atoms with Gasteiger partial charge in [0, 0.05) is 11.1 Å². The van der Waals surface area contributed by atoms with Crippen molar-refractivity contribution in [1.82, 2.24) is 5.32 Å². The molecule has 1 heterocycles. The largest absolute Gasteiger partial charge is 0.487 e. The van der Waals surface area contributed by atoms with Gasteiger partial charge < -0.3 is 15.2 Å². The minimum absolute atomic E-state index is 0.264. The molecule has 2 N–H and O–H groups in total. The Morgan fingerprint density at radius 1 is 1.14 bits per heavy atom. The smallest absolute Gasteiger partial charge is 0.252 e. The fraction of sp³-hybridized carbons (Fsp3) is 0.167. The van der Waals surface area contributed by atoms with Crippen molar-refractivity contribution in [2.45, 2.75) is 13.0 Å². The zero-order valence-electron chi connectivity index (χ0n) is 12.2. The van der Waals surface area contributed by atoms with Gasteiger partial charge >= 0.3 is 0 Å².